The molecule has 2 aromatic carbocycles. The summed E-state index contributed by atoms with van der Waals surface area (Å²) in [6.07, 6.45) is -1.49. The Labute approximate surface area is 203 Å². The summed E-state index contributed by atoms with van der Waals surface area (Å²) in [5.74, 6) is 0.464. The van der Waals surface area contributed by atoms with E-state index in [1.165, 1.54) is 18.8 Å². The molecule has 0 radical (unpaired) electrons. The van der Waals surface area contributed by atoms with Crippen LogP contribution in [0.15, 0.2) is 59.1 Å². The van der Waals surface area contributed by atoms with Gasteiger partial charge >= 0.3 is 18.0 Å². The van der Waals surface area contributed by atoms with E-state index in [-0.39, 0.29) is 30.1 Å². The largest absolute Gasteiger partial charge is 0.449 e. The number of hydrogen-bond acceptors (Lipinski definition) is 8. The molecule has 1 saturated heterocycles. The second kappa shape index (κ2) is 10.9. The third-order valence-electron chi connectivity index (χ3n) is 5.68. The Hall–Kier alpha value is -1.42. The fraction of sp³-hybridized carbons (Fsp3) is 0.455. The minimum atomic E-state index is -4.31. The number of para-hydroxylation sites is 1. The van der Waals surface area contributed by atoms with Gasteiger partial charge in [0.05, 0.1) is 19.4 Å². The van der Waals surface area contributed by atoms with E-state index in [0.29, 0.717) is 5.75 Å². The van der Waals surface area contributed by atoms with Crippen LogP contribution in [-0.2, 0) is 28.4 Å². The summed E-state index contributed by atoms with van der Waals surface area (Å²) < 4.78 is 65.7. The maximum Gasteiger partial charge on any atom is 0.449 e. The average molecular weight is 563 g/mol. The first kappa shape index (κ1) is 26.2. The predicted molar refractivity (Wildman–Crippen MR) is 127 cm³/mol. The summed E-state index contributed by atoms with van der Waals surface area (Å²) in [6, 6.07) is 15.0. The highest BCUT2D eigenvalue weighted by Gasteiger charge is 2.43. The van der Waals surface area contributed by atoms with Gasteiger partial charge < -0.3 is 13.4 Å². The maximum absolute atomic E-state index is 13.0. The zero-order valence-electron chi connectivity index (χ0n) is 18.8. The number of benzene rings is 2. The van der Waals surface area contributed by atoms with Gasteiger partial charge in [0, 0.05) is 10.4 Å². The third-order valence-corrected chi connectivity index (χ3v) is 8.16. The lowest BCUT2D eigenvalue weighted by Crippen LogP contribution is -2.47. The van der Waals surface area contributed by atoms with E-state index >= 15 is 0 Å². The molecule has 0 N–H and O–H groups in total. The maximum atomic E-state index is 13.0. The zero-order chi connectivity index (χ0) is 24.2. The Balaban J connectivity index is 1.63. The quantitative estimate of drug-likeness (QED) is 0.362. The second-order valence-corrected chi connectivity index (χ2v) is 12.2. The molecule has 182 valence electrons. The smallest absolute Gasteiger partial charge is 0.424 e. The summed E-state index contributed by atoms with van der Waals surface area (Å²) >= 11 is 3.28. The molecular weight excluding hydrogens is 535 g/mol. The molecule has 33 heavy (non-hydrogen) atoms. The van der Waals surface area contributed by atoms with Gasteiger partial charge in [0.25, 0.3) is 0 Å². The summed E-state index contributed by atoms with van der Waals surface area (Å²) in [7, 11) is -7.82. The first-order chi connectivity index (χ1) is 15.5. The van der Waals surface area contributed by atoms with Gasteiger partial charge in [-0.15, -0.1) is 0 Å². The van der Waals surface area contributed by atoms with E-state index in [1.807, 2.05) is 26.8 Å². The Bertz CT molecular complexity index is 1060. The van der Waals surface area contributed by atoms with Crippen molar-refractivity contribution >= 4 is 33.9 Å². The standard InChI is InChI=1S/C22H28BrO8PS/c1-15-16(2)21(14-27-33(25,26)31-20-12-10-18(23)11-13-20)28-22(17(15)3)30-32(4,24)29-19-8-6-5-7-9-19/h5-13,15-17,21-22H,14H2,1-4H3/t15-,16-,17?,21?,22?,32?/m0/s1. The van der Waals surface area contributed by atoms with Crippen LogP contribution in [0.3, 0.4) is 0 Å². The molecule has 0 aromatic heterocycles. The Morgan fingerprint density at radius 2 is 1.58 bits per heavy atom. The molecule has 0 aliphatic carbocycles. The van der Waals surface area contributed by atoms with Crippen LogP contribution in [0.4, 0.5) is 0 Å². The van der Waals surface area contributed by atoms with Gasteiger partial charge in [0.2, 0.25) is 0 Å². The fourth-order valence-corrected chi connectivity index (χ4v) is 5.59. The topological polar surface area (TPSA) is 97.4 Å². The fourth-order valence-electron chi connectivity index (χ4n) is 3.46. The van der Waals surface area contributed by atoms with Crippen LogP contribution in [0.25, 0.3) is 0 Å². The van der Waals surface area contributed by atoms with Crippen molar-refractivity contribution in [2.24, 2.45) is 17.8 Å². The lowest BCUT2D eigenvalue weighted by Gasteiger charge is -2.43. The van der Waals surface area contributed by atoms with Gasteiger partial charge in [-0.25, -0.2) is 8.75 Å². The van der Waals surface area contributed by atoms with Crippen LogP contribution >= 0.6 is 23.5 Å². The SMILES string of the molecule is CC1C(OP(C)(=O)Oc2ccccc2)OC(COS(=O)(=O)Oc2ccc(Br)cc2)[C@@H](C)[C@@H]1C. The molecule has 3 rings (SSSR count). The lowest BCUT2D eigenvalue weighted by atomic mass is 9.79. The van der Waals surface area contributed by atoms with Crippen LogP contribution < -0.4 is 8.71 Å². The van der Waals surface area contributed by atoms with E-state index < -0.39 is 30.4 Å². The molecular formula is C22H28BrO8PS. The van der Waals surface area contributed by atoms with Crippen LogP contribution in [0.2, 0.25) is 0 Å². The van der Waals surface area contributed by atoms with E-state index in [4.69, 9.17) is 22.2 Å². The second-order valence-electron chi connectivity index (χ2n) is 8.13. The van der Waals surface area contributed by atoms with Crippen molar-refractivity contribution in [2.45, 2.75) is 33.2 Å². The van der Waals surface area contributed by atoms with Crippen LogP contribution in [0, 0.1) is 17.8 Å². The lowest BCUT2D eigenvalue weighted by molar-refractivity contribution is -0.219. The average Bonchev–Trinajstić information content (AvgIpc) is 2.75. The number of hydrogen-bond donors (Lipinski definition) is 0. The van der Waals surface area contributed by atoms with E-state index in [9.17, 15) is 13.0 Å². The molecule has 6 atom stereocenters. The molecule has 0 saturated carbocycles. The minimum Gasteiger partial charge on any atom is -0.424 e. The van der Waals surface area contributed by atoms with E-state index in [0.717, 1.165) is 4.47 Å². The predicted octanol–water partition coefficient (Wildman–Crippen LogP) is 5.64. The molecule has 0 bridgehead atoms. The van der Waals surface area contributed by atoms with Crippen molar-refractivity contribution in [3.8, 4) is 11.5 Å². The molecule has 0 spiro atoms. The van der Waals surface area contributed by atoms with Crippen molar-refractivity contribution in [1.29, 1.82) is 0 Å². The van der Waals surface area contributed by atoms with Crippen LogP contribution in [0.1, 0.15) is 20.8 Å². The molecule has 8 nitrogen and oxygen atoms in total. The Morgan fingerprint density at radius 1 is 0.939 bits per heavy atom. The normalized spacial score (nSPS) is 27.5. The van der Waals surface area contributed by atoms with Gasteiger partial charge in [-0.3, -0.25) is 4.52 Å². The highest BCUT2D eigenvalue weighted by atomic mass is 79.9. The van der Waals surface area contributed by atoms with Crippen LogP contribution in [0.5, 0.6) is 11.5 Å². The monoisotopic (exact) mass is 562 g/mol. The summed E-state index contributed by atoms with van der Waals surface area (Å²) in [5, 5.41) is 0. The number of ether oxygens (including phenoxy) is 1. The molecule has 11 heteroatoms. The van der Waals surface area contributed by atoms with Gasteiger partial charge in [-0.1, -0.05) is 54.9 Å². The highest BCUT2D eigenvalue weighted by Crippen LogP contribution is 2.49. The first-order valence-electron chi connectivity index (χ1n) is 10.5. The van der Waals surface area contributed by atoms with Crippen molar-refractivity contribution in [1.82, 2.24) is 0 Å². The van der Waals surface area contributed by atoms with Crippen molar-refractivity contribution in [3.05, 3.63) is 59.1 Å². The molecule has 4 unspecified atom stereocenters. The van der Waals surface area contributed by atoms with Crippen LogP contribution in [-0.4, -0.2) is 34.1 Å². The Kier molecular flexibility index (Phi) is 8.64. The minimum absolute atomic E-state index is 0.0472. The van der Waals surface area contributed by atoms with Gasteiger partial charge in [0.15, 0.2) is 6.29 Å². The third kappa shape index (κ3) is 7.53. The summed E-state index contributed by atoms with van der Waals surface area (Å²) in [6.45, 7) is 6.98. The molecule has 1 heterocycles. The highest BCUT2D eigenvalue weighted by molar-refractivity contribution is 9.10. The van der Waals surface area contributed by atoms with Crippen molar-refractivity contribution in [2.75, 3.05) is 13.3 Å². The summed E-state index contributed by atoms with van der Waals surface area (Å²) in [4.78, 5) is 0. The van der Waals surface area contributed by atoms with Crippen molar-refractivity contribution in [3.63, 3.8) is 0 Å². The molecule has 2 aromatic rings. The summed E-state index contributed by atoms with van der Waals surface area (Å²) in [5.41, 5.74) is 0. The number of halogens is 1. The number of rotatable bonds is 9. The van der Waals surface area contributed by atoms with Gasteiger partial charge in [0.1, 0.15) is 11.5 Å². The van der Waals surface area contributed by atoms with E-state index in [2.05, 4.69) is 15.9 Å². The van der Waals surface area contributed by atoms with Crippen molar-refractivity contribution < 1.29 is 35.1 Å². The molecule has 0 amide bonds. The Morgan fingerprint density at radius 3 is 2.21 bits per heavy atom. The molecule has 1 fully saturated rings. The molecule has 1 aliphatic rings. The zero-order valence-corrected chi connectivity index (χ0v) is 22.1. The van der Waals surface area contributed by atoms with Gasteiger partial charge in [-0.2, -0.15) is 8.42 Å². The molecule has 1 aliphatic heterocycles. The van der Waals surface area contributed by atoms with Gasteiger partial charge in [-0.05, 0) is 48.2 Å². The van der Waals surface area contributed by atoms with E-state index in [1.54, 1.807) is 36.4 Å². The first-order valence-corrected chi connectivity index (χ1v) is 14.6.